The minimum absolute atomic E-state index is 0.206. The number of carboxylic acids is 1. The summed E-state index contributed by atoms with van der Waals surface area (Å²) in [5, 5.41) is 10.3. The van der Waals surface area contributed by atoms with E-state index < -0.39 is 11.4 Å². The molecule has 1 aliphatic carbocycles. The van der Waals surface area contributed by atoms with E-state index >= 15 is 0 Å². The fourth-order valence-electron chi connectivity index (χ4n) is 4.13. The predicted octanol–water partition coefficient (Wildman–Crippen LogP) is 3.51. The standard InChI is InChI=1S/C21H25NO2/c1-13-4-8-18-16(10-13)6-7-17-11-14(2)5-9-19(17)21(18,20(23)24)12-15(3)22/h4-5,8-11,15H,6-7,12,22H2,1-3H3,(H,23,24)/t15-/m1/s1. The number of benzene rings is 2. The van der Waals surface area contributed by atoms with E-state index in [1.807, 2.05) is 31.2 Å². The highest BCUT2D eigenvalue weighted by Crippen LogP contribution is 2.43. The number of aliphatic carboxylic acids is 1. The Kier molecular flexibility index (Phi) is 4.22. The molecule has 126 valence electrons. The van der Waals surface area contributed by atoms with Crippen molar-refractivity contribution < 1.29 is 9.90 Å². The molecule has 2 aromatic rings. The number of carbonyl (C=O) groups is 1. The van der Waals surface area contributed by atoms with Gasteiger partial charge in [-0.2, -0.15) is 0 Å². The van der Waals surface area contributed by atoms with Crippen molar-refractivity contribution in [3.63, 3.8) is 0 Å². The summed E-state index contributed by atoms with van der Waals surface area (Å²) in [6.07, 6.45) is 2.12. The van der Waals surface area contributed by atoms with Crippen LogP contribution in [0.3, 0.4) is 0 Å². The van der Waals surface area contributed by atoms with E-state index in [1.54, 1.807) is 0 Å². The molecule has 0 spiro atoms. The highest BCUT2D eigenvalue weighted by Gasteiger charge is 2.46. The molecule has 3 heteroatoms. The van der Waals surface area contributed by atoms with Crippen molar-refractivity contribution in [2.75, 3.05) is 0 Å². The number of aryl methyl sites for hydroxylation is 4. The smallest absolute Gasteiger partial charge is 0.318 e. The minimum atomic E-state index is -1.07. The molecule has 3 N–H and O–H groups in total. The van der Waals surface area contributed by atoms with E-state index in [0.717, 1.165) is 46.2 Å². The van der Waals surface area contributed by atoms with Crippen molar-refractivity contribution in [2.45, 2.75) is 51.5 Å². The first-order valence-corrected chi connectivity index (χ1v) is 8.53. The molecule has 0 saturated heterocycles. The highest BCUT2D eigenvalue weighted by molar-refractivity contribution is 5.87. The summed E-state index contributed by atoms with van der Waals surface area (Å²) in [6, 6.07) is 12.1. The first kappa shape index (κ1) is 16.7. The molecule has 0 amide bonds. The molecule has 0 aromatic heterocycles. The van der Waals surface area contributed by atoms with Crippen LogP contribution in [-0.4, -0.2) is 17.1 Å². The summed E-state index contributed by atoms with van der Waals surface area (Å²) < 4.78 is 0. The molecule has 3 nitrogen and oxygen atoms in total. The van der Waals surface area contributed by atoms with E-state index in [1.165, 1.54) is 0 Å². The first-order valence-electron chi connectivity index (χ1n) is 8.53. The summed E-state index contributed by atoms with van der Waals surface area (Å²) in [4.78, 5) is 12.6. The fraction of sp³-hybridized carbons (Fsp3) is 0.381. The number of hydrogen-bond donors (Lipinski definition) is 2. The lowest BCUT2D eigenvalue weighted by molar-refractivity contribution is -0.142. The van der Waals surface area contributed by atoms with Gasteiger partial charge in [0.15, 0.2) is 0 Å². The second-order valence-corrected chi connectivity index (χ2v) is 7.21. The van der Waals surface area contributed by atoms with Gasteiger partial charge in [0.05, 0.1) is 0 Å². The van der Waals surface area contributed by atoms with Crippen LogP contribution in [0.1, 0.15) is 46.7 Å². The summed E-state index contributed by atoms with van der Waals surface area (Å²) >= 11 is 0. The first-order chi connectivity index (χ1) is 11.3. The van der Waals surface area contributed by atoms with Crippen LogP contribution >= 0.6 is 0 Å². The fourth-order valence-corrected chi connectivity index (χ4v) is 4.13. The maximum atomic E-state index is 12.6. The van der Waals surface area contributed by atoms with Crippen molar-refractivity contribution in [3.8, 4) is 0 Å². The number of hydrogen-bond acceptors (Lipinski definition) is 2. The van der Waals surface area contributed by atoms with Gasteiger partial charge < -0.3 is 10.8 Å². The van der Waals surface area contributed by atoms with E-state index in [9.17, 15) is 9.90 Å². The number of carboxylic acid groups (broad SMARTS) is 1. The molecular formula is C21H25NO2. The Morgan fingerprint density at radius 3 is 1.92 bits per heavy atom. The van der Waals surface area contributed by atoms with E-state index in [-0.39, 0.29) is 6.04 Å². The van der Waals surface area contributed by atoms with Gasteiger partial charge in [0.2, 0.25) is 0 Å². The average Bonchev–Trinajstić information content (AvgIpc) is 2.62. The van der Waals surface area contributed by atoms with Gasteiger partial charge in [-0.15, -0.1) is 0 Å². The normalized spacial score (nSPS) is 16.7. The van der Waals surface area contributed by atoms with Crippen molar-refractivity contribution >= 4 is 5.97 Å². The predicted molar refractivity (Wildman–Crippen MR) is 96.4 cm³/mol. The third-order valence-electron chi connectivity index (χ3n) is 5.10. The Morgan fingerprint density at radius 1 is 1.08 bits per heavy atom. The maximum absolute atomic E-state index is 12.6. The number of nitrogens with two attached hydrogens (primary N) is 1. The minimum Gasteiger partial charge on any atom is -0.480 e. The van der Waals surface area contributed by atoms with Crippen LogP contribution in [0.2, 0.25) is 0 Å². The van der Waals surface area contributed by atoms with Gasteiger partial charge in [-0.1, -0.05) is 47.5 Å². The Bertz CT molecular complexity index is 739. The van der Waals surface area contributed by atoms with Crippen LogP contribution in [0.4, 0.5) is 0 Å². The SMILES string of the molecule is Cc1ccc2c(c1)CCc1cc(C)ccc1C2(C[C@@H](C)N)C(=O)O. The second kappa shape index (κ2) is 6.06. The monoisotopic (exact) mass is 323 g/mol. The van der Waals surface area contributed by atoms with E-state index in [2.05, 4.69) is 26.0 Å². The molecule has 0 bridgehead atoms. The van der Waals surface area contributed by atoms with Crippen LogP contribution in [-0.2, 0) is 23.1 Å². The zero-order valence-electron chi connectivity index (χ0n) is 14.6. The second-order valence-electron chi connectivity index (χ2n) is 7.21. The molecule has 3 rings (SSSR count). The quantitative estimate of drug-likeness (QED) is 0.908. The summed E-state index contributed by atoms with van der Waals surface area (Å²) in [5.41, 5.74) is 11.4. The van der Waals surface area contributed by atoms with Crippen LogP contribution in [0, 0.1) is 13.8 Å². The van der Waals surface area contributed by atoms with E-state index in [4.69, 9.17) is 5.73 Å². The molecule has 0 saturated carbocycles. The van der Waals surface area contributed by atoms with Gasteiger partial charge in [0, 0.05) is 6.04 Å². The summed E-state index contributed by atoms with van der Waals surface area (Å²) in [5.74, 6) is -0.808. The van der Waals surface area contributed by atoms with Crippen molar-refractivity contribution in [1.82, 2.24) is 0 Å². The molecule has 1 aliphatic rings. The topological polar surface area (TPSA) is 63.3 Å². The zero-order valence-corrected chi connectivity index (χ0v) is 14.6. The molecule has 1 atom stereocenters. The Morgan fingerprint density at radius 2 is 1.54 bits per heavy atom. The average molecular weight is 323 g/mol. The van der Waals surface area contributed by atoms with E-state index in [0.29, 0.717) is 6.42 Å². The van der Waals surface area contributed by atoms with Crippen molar-refractivity contribution in [1.29, 1.82) is 0 Å². The molecular weight excluding hydrogens is 298 g/mol. The van der Waals surface area contributed by atoms with Gasteiger partial charge in [-0.3, -0.25) is 4.79 Å². The molecule has 24 heavy (non-hydrogen) atoms. The van der Waals surface area contributed by atoms with Crippen LogP contribution in [0.5, 0.6) is 0 Å². The lowest BCUT2D eigenvalue weighted by atomic mass is 9.68. The Labute approximate surface area is 143 Å². The molecule has 0 unspecified atom stereocenters. The molecule has 0 aliphatic heterocycles. The number of fused-ring (bicyclic) bond motifs is 2. The Hall–Kier alpha value is -2.13. The van der Waals surface area contributed by atoms with Gasteiger partial charge in [0.1, 0.15) is 5.41 Å². The van der Waals surface area contributed by atoms with Gasteiger partial charge in [-0.05, 0) is 62.3 Å². The largest absolute Gasteiger partial charge is 0.480 e. The third kappa shape index (κ3) is 2.63. The van der Waals surface area contributed by atoms with Crippen molar-refractivity contribution in [3.05, 3.63) is 69.8 Å². The Balaban J connectivity index is 2.37. The maximum Gasteiger partial charge on any atom is 0.318 e. The zero-order chi connectivity index (χ0) is 17.5. The highest BCUT2D eigenvalue weighted by atomic mass is 16.4. The van der Waals surface area contributed by atoms with Gasteiger partial charge in [0.25, 0.3) is 0 Å². The molecule has 0 radical (unpaired) electrons. The van der Waals surface area contributed by atoms with Gasteiger partial charge >= 0.3 is 5.97 Å². The van der Waals surface area contributed by atoms with Crippen LogP contribution in [0.25, 0.3) is 0 Å². The molecule has 0 heterocycles. The lowest BCUT2D eigenvalue weighted by Gasteiger charge is -2.34. The molecule has 2 aromatic carbocycles. The summed E-state index contributed by atoms with van der Waals surface area (Å²) in [7, 11) is 0. The van der Waals surface area contributed by atoms with Crippen molar-refractivity contribution in [2.24, 2.45) is 5.73 Å². The lowest BCUT2D eigenvalue weighted by Crippen LogP contribution is -2.42. The number of rotatable bonds is 3. The van der Waals surface area contributed by atoms with Crippen LogP contribution in [0.15, 0.2) is 36.4 Å². The summed E-state index contributed by atoms with van der Waals surface area (Å²) in [6.45, 7) is 5.99. The van der Waals surface area contributed by atoms with Gasteiger partial charge in [-0.25, -0.2) is 0 Å². The van der Waals surface area contributed by atoms with Crippen LogP contribution < -0.4 is 5.73 Å². The molecule has 0 fully saturated rings. The third-order valence-corrected chi connectivity index (χ3v) is 5.10.